The van der Waals surface area contributed by atoms with Crippen LogP contribution in [0.15, 0.2) is 0 Å². The van der Waals surface area contributed by atoms with Crippen LogP contribution in [0.2, 0.25) is 0 Å². The first-order valence-electron chi connectivity index (χ1n) is 8.68. The SMILES string of the molecule is CCC(=O)CC.CCC(=O)CC.CCC(C)=O.CCCC(C)=O. The predicted octanol–water partition coefficient (Wildman–Crippen LogP) is 5.11. The standard InChI is InChI=1S/3C5H10O.C4H8O/c1-3-4-5(2)6;2*1-3-5(6)4-2;1-3-4(2)5/h3*3-4H2,1-2H3;3H2,1-2H3. The lowest BCUT2D eigenvalue weighted by Gasteiger charge is -1.81. The van der Waals surface area contributed by atoms with Gasteiger partial charge in [0.05, 0.1) is 0 Å². The fraction of sp³-hybridized carbons (Fsp3) is 0.789. The average Bonchev–Trinajstić information content (AvgIpc) is 2.54. The quantitative estimate of drug-likeness (QED) is 0.650. The van der Waals surface area contributed by atoms with E-state index in [1.807, 2.05) is 41.5 Å². The highest BCUT2D eigenvalue weighted by Gasteiger charge is 1.87. The van der Waals surface area contributed by atoms with Crippen LogP contribution >= 0.6 is 0 Å². The molecule has 0 heterocycles. The van der Waals surface area contributed by atoms with E-state index in [1.54, 1.807) is 13.8 Å². The summed E-state index contributed by atoms with van der Waals surface area (Å²) < 4.78 is 0. The normalized spacial score (nSPS) is 8.17. The zero-order valence-corrected chi connectivity index (χ0v) is 16.6. The molecule has 4 nitrogen and oxygen atoms in total. The Morgan fingerprint density at radius 1 is 0.522 bits per heavy atom. The highest BCUT2D eigenvalue weighted by Crippen LogP contribution is 1.84. The van der Waals surface area contributed by atoms with Gasteiger partial charge < -0.3 is 9.59 Å². The van der Waals surface area contributed by atoms with Gasteiger partial charge >= 0.3 is 0 Å². The minimum Gasteiger partial charge on any atom is -0.300 e. The fourth-order valence-corrected chi connectivity index (χ4v) is 0.852. The van der Waals surface area contributed by atoms with Crippen molar-refractivity contribution < 1.29 is 19.2 Å². The maximum Gasteiger partial charge on any atom is 0.132 e. The Morgan fingerprint density at radius 3 is 0.783 bits per heavy atom. The summed E-state index contributed by atoms with van der Waals surface area (Å²) in [5, 5.41) is 0. The van der Waals surface area contributed by atoms with E-state index in [4.69, 9.17) is 0 Å². The van der Waals surface area contributed by atoms with E-state index in [0.29, 0.717) is 43.7 Å². The molecule has 0 aromatic heterocycles. The van der Waals surface area contributed by atoms with Crippen molar-refractivity contribution in [2.75, 3.05) is 0 Å². The summed E-state index contributed by atoms with van der Waals surface area (Å²) in [5.41, 5.74) is 0. The van der Waals surface area contributed by atoms with Gasteiger partial charge in [-0.2, -0.15) is 0 Å². The van der Waals surface area contributed by atoms with Crippen LogP contribution in [0.4, 0.5) is 0 Å². The molecule has 0 aliphatic rings. The number of hydrogen-bond donors (Lipinski definition) is 0. The summed E-state index contributed by atoms with van der Waals surface area (Å²) in [6.07, 6.45) is 5.15. The molecule has 0 aromatic rings. The van der Waals surface area contributed by atoms with Gasteiger partial charge in [0.2, 0.25) is 0 Å². The minimum absolute atomic E-state index is 0.255. The molecule has 0 atom stereocenters. The molecule has 0 radical (unpaired) electrons. The Kier molecular flexibility index (Phi) is 33.0. The first-order chi connectivity index (χ1) is 10.7. The van der Waals surface area contributed by atoms with Crippen LogP contribution in [-0.2, 0) is 19.2 Å². The topological polar surface area (TPSA) is 68.3 Å². The number of rotatable bonds is 7. The van der Waals surface area contributed by atoms with Gasteiger partial charge in [0.25, 0.3) is 0 Å². The van der Waals surface area contributed by atoms with E-state index in [-0.39, 0.29) is 11.6 Å². The smallest absolute Gasteiger partial charge is 0.132 e. The third kappa shape index (κ3) is 52.9. The van der Waals surface area contributed by atoms with Gasteiger partial charge in [-0.25, -0.2) is 0 Å². The Balaban J connectivity index is -0.000000105. The molecule has 23 heavy (non-hydrogen) atoms. The molecule has 0 aliphatic heterocycles. The molecule has 0 N–H and O–H groups in total. The molecule has 0 amide bonds. The molecule has 4 heteroatoms. The molecule has 138 valence electrons. The van der Waals surface area contributed by atoms with Crippen LogP contribution in [0.3, 0.4) is 0 Å². The number of ketones is 4. The Labute approximate surface area is 143 Å². The van der Waals surface area contributed by atoms with Crippen molar-refractivity contribution >= 4 is 23.1 Å². The van der Waals surface area contributed by atoms with Crippen molar-refractivity contribution in [1.29, 1.82) is 0 Å². The van der Waals surface area contributed by atoms with E-state index in [2.05, 4.69) is 0 Å². The second-order valence-electron chi connectivity index (χ2n) is 5.00. The number of carbonyl (C=O) groups excluding carboxylic acids is 4. The molecule has 0 unspecified atom stereocenters. The monoisotopic (exact) mass is 330 g/mol. The lowest BCUT2D eigenvalue weighted by atomic mass is 10.3. The van der Waals surface area contributed by atoms with Crippen LogP contribution in [0, 0.1) is 0 Å². The summed E-state index contributed by atoms with van der Waals surface area (Å²) in [7, 11) is 0. The molecule has 0 spiro atoms. The van der Waals surface area contributed by atoms with Crippen LogP contribution in [0.25, 0.3) is 0 Å². The van der Waals surface area contributed by atoms with Crippen molar-refractivity contribution in [3.63, 3.8) is 0 Å². The van der Waals surface area contributed by atoms with Crippen molar-refractivity contribution in [2.45, 2.75) is 100 Å². The molecule has 0 saturated carbocycles. The highest BCUT2D eigenvalue weighted by molar-refractivity contribution is 5.77. The summed E-state index contributed by atoms with van der Waals surface area (Å²) in [4.78, 5) is 40.2. The van der Waals surface area contributed by atoms with Crippen LogP contribution in [0.5, 0.6) is 0 Å². The van der Waals surface area contributed by atoms with Gasteiger partial charge in [-0.15, -0.1) is 0 Å². The number of Topliss-reactive ketones (excluding diaryl/α,β-unsaturated/α-hetero) is 4. The number of carbonyl (C=O) groups is 4. The second kappa shape index (κ2) is 25.6. The zero-order chi connectivity index (χ0) is 19.3. The molecule has 0 aromatic carbocycles. The van der Waals surface area contributed by atoms with Gasteiger partial charge in [0.15, 0.2) is 0 Å². The maximum atomic E-state index is 10.2. The van der Waals surface area contributed by atoms with Crippen molar-refractivity contribution in [3.8, 4) is 0 Å². The Bertz CT molecular complexity index is 278. The molecule has 0 rings (SSSR count). The lowest BCUT2D eigenvalue weighted by molar-refractivity contribution is -0.119. The summed E-state index contributed by atoms with van der Waals surface area (Å²) in [6, 6.07) is 0. The van der Waals surface area contributed by atoms with Crippen LogP contribution in [0.1, 0.15) is 100 Å². The second-order valence-corrected chi connectivity index (χ2v) is 5.00. The van der Waals surface area contributed by atoms with Crippen molar-refractivity contribution in [1.82, 2.24) is 0 Å². The highest BCUT2D eigenvalue weighted by atomic mass is 16.1. The lowest BCUT2D eigenvalue weighted by Crippen LogP contribution is -1.88. The van der Waals surface area contributed by atoms with E-state index < -0.39 is 0 Å². The largest absolute Gasteiger partial charge is 0.300 e. The fourth-order valence-electron chi connectivity index (χ4n) is 0.852. The van der Waals surface area contributed by atoms with Gasteiger partial charge in [-0.1, -0.05) is 41.5 Å². The maximum absolute atomic E-state index is 10.2. The van der Waals surface area contributed by atoms with E-state index >= 15 is 0 Å². The first-order valence-corrected chi connectivity index (χ1v) is 8.68. The van der Waals surface area contributed by atoms with Crippen molar-refractivity contribution in [3.05, 3.63) is 0 Å². The first kappa shape index (κ1) is 29.7. The molecule has 0 fully saturated rings. The number of hydrogen-bond acceptors (Lipinski definition) is 4. The summed E-state index contributed by atoms with van der Waals surface area (Å²) in [5.74, 6) is 1.23. The third-order valence-electron chi connectivity index (χ3n) is 2.68. The Hall–Kier alpha value is -1.32. The van der Waals surface area contributed by atoms with E-state index in [9.17, 15) is 19.2 Å². The van der Waals surface area contributed by atoms with Gasteiger partial charge in [0, 0.05) is 38.5 Å². The molecular weight excluding hydrogens is 292 g/mol. The van der Waals surface area contributed by atoms with E-state index in [0.717, 1.165) is 12.8 Å². The summed E-state index contributed by atoms with van der Waals surface area (Å²) >= 11 is 0. The van der Waals surface area contributed by atoms with Gasteiger partial charge in [-0.3, -0.25) is 9.59 Å². The zero-order valence-electron chi connectivity index (χ0n) is 16.6. The average molecular weight is 331 g/mol. The van der Waals surface area contributed by atoms with Gasteiger partial charge in [0.1, 0.15) is 23.1 Å². The predicted molar refractivity (Wildman–Crippen MR) is 97.7 cm³/mol. The minimum atomic E-state index is 0.255. The molecule has 0 aliphatic carbocycles. The Morgan fingerprint density at radius 2 is 0.783 bits per heavy atom. The third-order valence-corrected chi connectivity index (χ3v) is 2.68. The van der Waals surface area contributed by atoms with Crippen molar-refractivity contribution in [2.24, 2.45) is 0 Å². The molecular formula is C19H38O4. The molecule has 0 bridgehead atoms. The van der Waals surface area contributed by atoms with Crippen LogP contribution in [-0.4, -0.2) is 23.1 Å². The van der Waals surface area contributed by atoms with Gasteiger partial charge in [-0.05, 0) is 20.3 Å². The van der Waals surface area contributed by atoms with E-state index in [1.165, 1.54) is 0 Å². The summed E-state index contributed by atoms with van der Waals surface area (Å²) in [6.45, 7) is 14.6. The van der Waals surface area contributed by atoms with Crippen LogP contribution < -0.4 is 0 Å². The molecule has 0 saturated heterocycles.